The third-order valence-corrected chi connectivity index (χ3v) is 4.63. The summed E-state index contributed by atoms with van der Waals surface area (Å²) in [7, 11) is 1.92. The van der Waals surface area contributed by atoms with Crippen LogP contribution in [0.15, 0.2) is 12.4 Å². The molecule has 112 valence electrons. The lowest BCUT2D eigenvalue weighted by atomic mass is 10.1. The number of hydrogen-bond acceptors (Lipinski definition) is 2. The second-order valence-electron chi connectivity index (χ2n) is 5.68. The second kappa shape index (κ2) is 5.68. The molecule has 1 aliphatic rings. The molecule has 0 saturated heterocycles. The number of halogens is 1. The molecule has 0 bridgehead atoms. The van der Waals surface area contributed by atoms with E-state index in [9.17, 15) is 4.79 Å². The molecule has 2 aromatic heterocycles. The molecule has 0 fully saturated rings. The molecule has 0 amide bonds. The summed E-state index contributed by atoms with van der Waals surface area (Å²) >= 11 is 6.40. The molecule has 3 rings (SSSR count). The van der Waals surface area contributed by atoms with E-state index in [1.54, 1.807) is 0 Å². The maximum Gasteiger partial charge on any atom is 0.164 e. The lowest BCUT2D eigenvalue weighted by Crippen LogP contribution is -2.05. The zero-order valence-electron chi connectivity index (χ0n) is 12.5. The van der Waals surface area contributed by atoms with Gasteiger partial charge in [0.1, 0.15) is 0 Å². The zero-order chi connectivity index (χ0) is 15.0. The molecule has 0 atom stereocenters. The van der Waals surface area contributed by atoms with E-state index in [-0.39, 0.29) is 5.78 Å². The van der Waals surface area contributed by atoms with E-state index in [1.807, 2.05) is 17.9 Å². The Balaban J connectivity index is 1.91. The van der Waals surface area contributed by atoms with Crippen molar-refractivity contribution in [2.24, 2.45) is 7.05 Å². The molecule has 0 unspecified atom stereocenters. The van der Waals surface area contributed by atoms with Crippen LogP contribution in [0, 0.1) is 0 Å². The number of Topliss-reactive ketones (excluding diaryl/α,β-unsaturated/α-hetero) is 1. The van der Waals surface area contributed by atoms with Crippen molar-refractivity contribution in [1.82, 2.24) is 14.3 Å². The van der Waals surface area contributed by atoms with Crippen LogP contribution in [0.4, 0.5) is 0 Å². The van der Waals surface area contributed by atoms with Crippen molar-refractivity contribution in [2.75, 3.05) is 0 Å². The fraction of sp³-hybridized carbons (Fsp3) is 0.500. The normalized spacial score (nSPS) is 15.1. The molecule has 2 heterocycles. The average molecular weight is 306 g/mol. The highest BCUT2D eigenvalue weighted by Crippen LogP contribution is 2.25. The van der Waals surface area contributed by atoms with Crippen LogP contribution < -0.4 is 0 Å². The molecular weight excluding hydrogens is 286 g/mol. The first-order valence-electron chi connectivity index (χ1n) is 7.52. The van der Waals surface area contributed by atoms with Gasteiger partial charge < -0.3 is 4.57 Å². The predicted octanol–water partition coefficient (Wildman–Crippen LogP) is 3.39. The molecule has 0 saturated carbocycles. The monoisotopic (exact) mass is 305 g/mol. The van der Waals surface area contributed by atoms with E-state index >= 15 is 0 Å². The van der Waals surface area contributed by atoms with Gasteiger partial charge in [0.05, 0.1) is 23.0 Å². The summed E-state index contributed by atoms with van der Waals surface area (Å²) in [5.41, 5.74) is 3.98. The number of carbonyl (C=O) groups excluding carboxylic acids is 1. The summed E-state index contributed by atoms with van der Waals surface area (Å²) in [5, 5.41) is 5.19. The van der Waals surface area contributed by atoms with Crippen LogP contribution in [0.25, 0.3) is 0 Å². The van der Waals surface area contributed by atoms with Gasteiger partial charge in [0.15, 0.2) is 5.78 Å². The summed E-state index contributed by atoms with van der Waals surface area (Å²) in [6, 6.07) is 0. The predicted molar refractivity (Wildman–Crippen MR) is 83.0 cm³/mol. The lowest BCUT2D eigenvalue weighted by Gasteiger charge is -2.04. The van der Waals surface area contributed by atoms with Gasteiger partial charge >= 0.3 is 0 Å². The number of aromatic nitrogens is 3. The maximum atomic E-state index is 12.1. The Labute approximate surface area is 129 Å². The van der Waals surface area contributed by atoms with Crippen molar-refractivity contribution in [2.45, 2.75) is 45.6 Å². The average Bonchev–Trinajstić information content (AvgIpc) is 2.94. The molecular formula is C16H20ClN3O. The summed E-state index contributed by atoms with van der Waals surface area (Å²) in [6.45, 7) is 2.71. The van der Waals surface area contributed by atoms with Crippen molar-refractivity contribution in [3.05, 3.63) is 39.9 Å². The SMILES string of the molecule is CCc1nn(C)c(Cn2cc3c(c2)C(=O)CCCC3)c1Cl. The summed E-state index contributed by atoms with van der Waals surface area (Å²) in [5.74, 6) is 0.270. The van der Waals surface area contributed by atoms with Crippen LogP contribution in [-0.4, -0.2) is 20.1 Å². The van der Waals surface area contributed by atoms with E-state index in [0.717, 1.165) is 47.7 Å². The summed E-state index contributed by atoms with van der Waals surface area (Å²) in [4.78, 5) is 12.1. The van der Waals surface area contributed by atoms with Gasteiger partial charge in [-0.15, -0.1) is 0 Å². The number of fused-ring (bicyclic) bond motifs is 1. The minimum atomic E-state index is 0.270. The lowest BCUT2D eigenvalue weighted by molar-refractivity contribution is 0.0982. The summed E-state index contributed by atoms with van der Waals surface area (Å²) < 4.78 is 3.91. The van der Waals surface area contributed by atoms with E-state index in [1.165, 1.54) is 5.56 Å². The number of hydrogen-bond donors (Lipinski definition) is 0. The Kier molecular flexibility index (Phi) is 3.89. The van der Waals surface area contributed by atoms with Gasteiger partial charge in [-0.1, -0.05) is 18.5 Å². The molecule has 0 radical (unpaired) electrons. The first kappa shape index (κ1) is 14.4. The quantitative estimate of drug-likeness (QED) is 0.815. The molecule has 21 heavy (non-hydrogen) atoms. The topological polar surface area (TPSA) is 39.8 Å². The van der Waals surface area contributed by atoms with Crippen molar-refractivity contribution in [3.8, 4) is 0 Å². The fourth-order valence-corrected chi connectivity index (χ4v) is 3.35. The van der Waals surface area contributed by atoms with Crippen LogP contribution in [0.3, 0.4) is 0 Å². The van der Waals surface area contributed by atoms with E-state index in [2.05, 4.69) is 22.8 Å². The Morgan fingerprint density at radius 3 is 2.76 bits per heavy atom. The third-order valence-electron chi connectivity index (χ3n) is 4.20. The van der Waals surface area contributed by atoms with E-state index in [0.29, 0.717) is 13.0 Å². The number of rotatable bonds is 3. The Hall–Kier alpha value is -1.55. The van der Waals surface area contributed by atoms with Gasteiger partial charge in [0.25, 0.3) is 0 Å². The van der Waals surface area contributed by atoms with Crippen molar-refractivity contribution >= 4 is 17.4 Å². The number of nitrogens with zero attached hydrogens (tertiary/aromatic N) is 3. The van der Waals surface area contributed by atoms with Crippen molar-refractivity contribution in [1.29, 1.82) is 0 Å². The minimum Gasteiger partial charge on any atom is -0.347 e. The first-order valence-corrected chi connectivity index (χ1v) is 7.90. The molecule has 1 aliphatic carbocycles. The molecule has 0 N–H and O–H groups in total. The highest BCUT2D eigenvalue weighted by atomic mass is 35.5. The molecule has 0 aliphatic heterocycles. The standard InChI is InChI=1S/C16H20ClN3O/c1-3-13-16(17)14(19(2)18-13)10-20-8-11-6-4-5-7-15(21)12(11)9-20/h8-9H,3-7,10H2,1-2H3. The van der Waals surface area contributed by atoms with Gasteiger partial charge in [-0.25, -0.2) is 0 Å². The van der Waals surface area contributed by atoms with Crippen LogP contribution in [0.1, 0.15) is 53.5 Å². The number of carbonyl (C=O) groups is 1. The highest BCUT2D eigenvalue weighted by Gasteiger charge is 2.19. The van der Waals surface area contributed by atoms with Crippen LogP contribution in [0.2, 0.25) is 5.02 Å². The molecule has 2 aromatic rings. The molecule has 4 nitrogen and oxygen atoms in total. The maximum absolute atomic E-state index is 12.1. The number of ketones is 1. The van der Waals surface area contributed by atoms with Gasteiger partial charge in [-0.3, -0.25) is 9.48 Å². The van der Waals surface area contributed by atoms with Crippen LogP contribution in [-0.2, 0) is 26.4 Å². The van der Waals surface area contributed by atoms with Gasteiger partial charge in [-0.05, 0) is 31.2 Å². The molecule has 0 aromatic carbocycles. The van der Waals surface area contributed by atoms with E-state index in [4.69, 9.17) is 11.6 Å². The third kappa shape index (κ3) is 2.64. The fourth-order valence-electron chi connectivity index (χ4n) is 3.00. The van der Waals surface area contributed by atoms with Crippen molar-refractivity contribution in [3.63, 3.8) is 0 Å². The highest BCUT2D eigenvalue weighted by molar-refractivity contribution is 6.31. The minimum absolute atomic E-state index is 0.270. The second-order valence-corrected chi connectivity index (χ2v) is 6.06. The smallest absolute Gasteiger partial charge is 0.164 e. The number of aryl methyl sites for hydroxylation is 3. The van der Waals surface area contributed by atoms with E-state index < -0.39 is 0 Å². The van der Waals surface area contributed by atoms with Crippen molar-refractivity contribution < 1.29 is 4.79 Å². The molecule has 5 heteroatoms. The first-order chi connectivity index (χ1) is 10.1. The Morgan fingerprint density at radius 2 is 2.05 bits per heavy atom. The Bertz CT molecular complexity index is 684. The van der Waals surface area contributed by atoms with Crippen LogP contribution >= 0.6 is 11.6 Å². The van der Waals surface area contributed by atoms with Gasteiger partial charge in [-0.2, -0.15) is 5.10 Å². The van der Waals surface area contributed by atoms with Crippen LogP contribution in [0.5, 0.6) is 0 Å². The zero-order valence-corrected chi connectivity index (χ0v) is 13.3. The largest absolute Gasteiger partial charge is 0.347 e. The van der Waals surface area contributed by atoms with Gasteiger partial charge in [0, 0.05) is 31.4 Å². The van der Waals surface area contributed by atoms with Gasteiger partial charge in [0.2, 0.25) is 0 Å². The Morgan fingerprint density at radius 1 is 1.29 bits per heavy atom. The summed E-state index contributed by atoms with van der Waals surface area (Å²) in [6.07, 6.45) is 8.64. The molecule has 0 spiro atoms.